The van der Waals surface area contributed by atoms with Crippen molar-refractivity contribution in [3.63, 3.8) is 0 Å². The summed E-state index contributed by atoms with van der Waals surface area (Å²) in [5.74, 6) is 1.90. The third kappa shape index (κ3) is 2.65. The quantitative estimate of drug-likeness (QED) is 0.811. The number of esters is 1. The van der Waals surface area contributed by atoms with Crippen molar-refractivity contribution in [2.75, 3.05) is 20.2 Å². The predicted octanol–water partition coefficient (Wildman–Crippen LogP) is 2.60. The summed E-state index contributed by atoms with van der Waals surface area (Å²) in [5.41, 5.74) is 0.724. The fourth-order valence-electron chi connectivity index (χ4n) is 4.11. The number of carbonyl (C=O) groups is 1. The number of hydrogen-bond acceptors (Lipinski definition) is 7. The van der Waals surface area contributed by atoms with E-state index in [1.807, 2.05) is 25.1 Å². The molecule has 3 aliphatic rings. The maximum absolute atomic E-state index is 12.6. The third-order valence-corrected chi connectivity index (χ3v) is 5.81. The van der Waals surface area contributed by atoms with Gasteiger partial charge in [-0.15, -0.1) is 0 Å². The molecule has 28 heavy (non-hydrogen) atoms. The summed E-state index contributed by atoms with van der Waals surface area (Å²) in [7, 11) is 0. The highest BCUT2D eigenvalue weighted by Gasteiger charge is 2.52. The van der Waals surface area contributed by atoms with Crippen molar-refractivity contribution >= 4 is 5.97 Å². The number of hydrogen-bond donors (Lipinski definition) is 1. The van der Waals surface area contributed by atoms with Crippen LogP contribution in [0.3, 0.4) is 0 Å². The van der Waals surface area contributed by atoms with E-state index in [1.54, 1.807) is 18.2 Å². The van der Waals surface area contributed by atoms with Gasteiger partial charge in [0.25, 0.3) is 0 Å². The monoisotopic (exact) mass is 384 g/mol. The minimum Gasteiger partial charge on any atom is -0.465 e. The molecule has 2 aromatic carbocycles. The summed E-state index contributed by atoms with van der Waals surface area (Å²) in [6.45, 7) is 2.37. The van der Waals surface area contributed by atoms with Crippen molar-refractivity contribution in [1.29, 1.82) is 0 Å². The van der Waals surface area contributed by atoms with Crippen LogP contribution in [-0.2, 0) is 16.0 Å². The van der Waals surface area contributed by atoms with Crippen molar-refractivity contribution < 1.29 is 33.6 Å². The van der Waals surface area contributed by atoms with Crippen LogP contribution in [0.4, 0.5) is 0 Å². The second-order valence-electron chi connectivity index (χ2n) is 7.54. The lowest BCUT2D eigenvalue weighted by atomic mass is 9.71. The standard InChI is InChI=1S/C21H20O7/c1-21(8-12-2-4-15-17(6-12)27-10-25-15)14(9-24-20(21)23)19(22)13-3-5-16-18(7-13)28-11-26-16/h2-7,14,19,22H,8-11H2,1H3/t14-,19-,21-/m1/s1. The van der Waals surface area contributed by atoms with E-state index in [2.05, 4.69) is 0 Å². The average molecular weight is 384 g/mol. The molecule has 3 atom stereocenters. The molecule has 0 bridgehead atoms. The van der Waals surface area contributed by atoms with Crippen molar-refractivity contribution in [3.8, 4) is 23.0 Å². The van der Waals surface area contributed by atoms with Crippen LogP contribution in [0.25, 0.3) is 0 Å². The highest BCUT2D eigenvalue weighted by atomic mass is 16.7. The molecule has 7 heteroatoms. The van der Waals surface area contributed by atoms with Gasteiger partial charge in [0.2, 0.25) is 13.6 Å². The summed E-state index contributed by atoms with van der Waals surface area (Å²) in [6.07, 6.45) is -0.450. The van der Waals surface area contributed by atoms with E-state index in [9.17, 15) is 9.90 Å². The molecule has 1 N–H and O–H groups in total. The first kappa shape index (κ1) is 17.2. The number of cyclic esters (lactones) is 1. The highest BCUT2D eigenvalue weighted by molar-refractivity contribution is 5.79. The molecule has 7 nitrogen and oxygen atoms in total. The molecule has 146 valence electrons. The molecule has 2 aromatic rings. The zero-order valence-electron chi connectivity index (χ0n) is 15.3. The lowest BCUT2D eigenvalue weighted by Gasteiger charge is -2.30. The Morgan fingerprint density at radius 2 is 1.61 bits per heavy atom. The molecule has 0 saturated carbocycles. The van der Waals surface area contributed by atoms with Crippen LogP contribution in [-0.4, -0.2) is 31.3 Å². The van der Waals surface area contributed by atoms with E-state index in [0.29, 0.717) is 35.0 Å². The number of ether oxygens (including phenoxy) is 5. The molecule has 1 fully saturated rings. The first-order valence-electron chi connectivity index (χ1n) is 9.18. The van der Waals surface area contributed by atoms with E-state index in [0.717, 1.165) is 5.56 Å². The van der Waals surface area contributed by atoms with Crippen LogP contribution >= 0.6 is 0 Å². The summed E-state index contributed by atoms with van der Waals surface area (Å²) in [5, 5.41) is 11.1. The van der Waals surface area contributed by atoms with Crippen LogP contribution in [0.5, 0.6) is 23.0 Å². The molecule has 3 aliphatic heterocycles. The van der Waals surface area contributed by atoms with Gasteiger partial charge in [-0.2, -0.15) is 0 Å². The Balaban J connectivity index is 1.43. The largest absolute Gasteiger partial charge is 0.465 e. The maximum Gasteiger partial charge on any atom is 0.312 e. The van der Waals surface area contributed by atoms with Gasteiger partial charge in [0.1, 0.15) is 0 Å². The lowest BCUT2D eigenvalue weighted by molar-refractivity contribution is -0.146. The van der Waals surface area contributed by atoms with E-state index in [4.69, 9.17) is 23.7 Å². The molecule has 0 unspecified atom stereocenters. The lowest BCUT2D eigenvalue weighted by Crippen LogP contribution is -2.35. The molecule has 5 rings (SSSR count). The van der Waals surface area contributed by atoms with Crippen molar-refractivity contribution in [1.82, 2.24) is 0 Å². The number of aliphatic hydroxyl groups is 1. The molecule has 0 radical (unpaired) electrons. The fraction of sp³-hybridized carbons (Fsp3) is 0.381. The van der Waals surface area contributed by atoms with Crippen LogP contribution in [0.1, 0.15) is 24.2 Å². The molecule has 3 heterocycles. The number of aliphatic hydroxyl groups excluding tert-OH is 1. The zero-order chi connectivity index (χ0) is 19.3. The van der Waals surface area contributed by atoms with Gasteiger partial charge in [-0.05, 0) is 48.7 Å². The van der Waals surface area contributed by atoms with Gasteiger partial charge in [0.05, 0.1) is 18.1 Å². The number of rotatable bonds is 4. The van der Waals surface area contributed by atoms with Crippen LogP contribution in [0.15, 0.2) is 36.4 Å². The van der Waals surface area contributed by atoms with Gasteiger partial charge in [-0.3, -0.25) is 4.79 Å². The topological polar surface area (TPSA) is 83.5 Å². The van der Waals surface area contributed by atoms with Crippen LogP contribution < -0.4 is 18.9 Å². The van der Waals surface area contributed by atoms with E-state index in [1.165, 1.54) is 0 Å². The molecule has 0 amide bonds. The molecule has 1 saturated heterocycles. The Morgan fingerprint density at radius 1 is 0.964 bits per heavy atom. The first-order valence-corrected chi connectivity index (χ1v) is 9.18. The average Bonchev–Trinajstić information content (AvgIpc) is 3.40. The Bertz CT molecular complexity index is 940. The molecular weight excluding hydrogens is 364 g/mol. The highest BCUT2D eigenvalue weighted by Crippen LogP contribution is 2.47. The van der Waals surface area contributed by atoms with Gasteiger partial charge >= 0.3 is 5.97 Å². The molecular formula is C21H20O7. The Kier molecular flexibility index (Phi) is 3.87. The molecule has 0 spiro atoms. The summed E-state index contributed by atoms with van der Waals surface area (Å²) in [4.78, 5) is 12.6. The summed E-state index contributed by atoms with van der Waals surface area (Å²) in [6, 6.07) is 11.0. The minimum atomic E-state index is -0.875. The number of carbonyl (C=O) groups excluding carboxylic acids is 1. The normalized spacial score (nSPS) is 25.6. The Labute approximate surface area is 161 Å². The van der Waals surface area contributed by atoms with Gasteiger partial charge in [-0.1, -0.05) is 12.1 Å². The van der Waals surface area contributed by atoms with Gasteiger partial charge in [-0.25, -0.2) is 0 Å². The van der Waals surface area contributed by atoms with Crippen molar-refractivity contribution in [3.05, 3.63) is 47.5 Å². The third-order valence-electron chi connectivity index (χ3n) is 5.81. The Morgan fingerprint density at radius 3 is 2.36 bits per heavy atom. The number of fused-ring (bicyclic) bond motifs is 2. The van der Waals surface area contributed by atoms with Gasteiger partial charge < -0.3 is 28.8 Å². The van der Waals surface area contributed by atoms with Crippen LogP contribution in [0.2, 0.25) is 0 Å². The Hall–Kier alpha value is -2.93. The van der Waals surface area contributed by atoms with Crippen molar-refractivity contribution in [2.45, 2.75) is 19.4 Å². The summed E-state index contributed by atoms with van der Waals surface area (Å²) >= 11 is 0. The number of benzene rings is 2. The second-order valence-corrected chi connectivity index (χ2v) is 7.54. The fourth-order valence-corrected chi connectivity index (χ4v) is 4.11. The molecule has 0 aliphatic carbocycles. The van der Waals surface area contributed by atoms with E-state index < -0.39 is 17.4 Å². The van der Waals surface area contributed by atoms with Gasteiger partial charge in [0.15, 0.2) is 23.0 Å². The predicted molar refractivity (Wildman–Crippen MR) is 96.3 cm³/mol. The zero-order valence-corrected chi connectivity index (χ0v) is 15.3. The maximum atomic E-state index is 12.6. The van der Waals surface area contributed by atoms with Gasteiger partial charge in [0, 0.05) is 5.92 Å². The second kappa shape index (κ2) is 6.31. The van der Waals surface area contributed by atoms with Crippen molar-refractivity contribution in [2.24, 2.45) is 11.3 Å². The van der Waals surface area contributed by atoms with E-state index >= 15 is 0 Å². The smallest absolute Gasteiger partial charge is 0.312 e. The molecule has 0 aromatic heterocycles. The first-order chi connectivity index (χ1) is 13.5. The van der Waals surface area contributed by atoms with Crippen LogP contribution in [0, 0.1) is 11.3 Å². The van der Waals surface area contributed by atoms with E-state index in [-0.39, 0.29) is 26.2 Å². The SMILES string of the molecule is C[C@]1(Cc2ccc3c(c2)OCO3)C(=O)OC[C@@H]1[C@H](O)c1ccc2c(c1)OCO2. The summed E-state index contributed by atoms with van der Waals surface area (Å²) < 4.78 is 26.9. The minimum absolute atomic E-state index is 0.162.